The summed E-state index contributed by atoms with van der Waals surface area (Å²) in [6, 6.07) is 1.51. The summed E-state index contributed by atoms with van der Waals surface area (Å²) in [7, 11) is 3.37. The predicted octanol–water partition coefficient (Wildman–Crippen LogP) is -0.369. The zero-order valence-electron chi connectivity index (χ0n) is 16.1. The van der Waals surface area contributed by atoms with Crippen LogP contribution in [-0.2, 0) is 14.1 Å². The van der Waals surface area contributed by atoms with Crippen molar-refractivity contribution in [3.8, 4) is 0 Å². The number of nitrogens with zero attached hydrogens (tertiary/aromatic N) is 7. The van der Waals surface area contributed by atoms with E-state index < -0.39 is 0 Å². The van der Waals surface area contributed by atoms with E-state index in [4.69, 9.17) is 4.98 Å². The molecule has 0 amide bonds. The molecule has 0 saturated carbocycles. The van der Waals surface area contributed by atoms with Crippen LogP contribution in [0.4, 0.5) is 11.6 Å². The van der Waals surface area contributed by atoms with E-state index in [-0.39, 0.29) is 11.2 Å². The van der Waals surface area contributed by atoms with Gasteiger partial charge in [0.25, 0.3) is 5.56 Å². The second-order valence-corrected chi connectivity index (χ2v) is 7.79. The first-order valence-corrected chi connectivity index (χ1v) is 9.37. The molecule has 2 atom stereocenters. The fraction of sp³-hybridized carbons (Fsp3) is 0.500. The summed E-state index contributed by atoms with van der Waals surface area (Å²) < 4.78 is 2.86. The van der Waals surface area contributed by atoms with Gasteiger partial charge < -0.3 is 9.80 Å². The van der Waals surface area contributed by atoms with Gasteiger partial charge in [-0.3, -0.25) is 19.0 Å². The monoisotopic (exact) mass is 382 g/mol. The fourth-order valence-corrected chi connectivity index (χ4v) is 4.43. The van der Waals surface area contributed by atoms with Crippen LogP contribution in [0.25, 0.3) is 11.0 Å². The van der Waals surface area contributed by atoms with Crippen molar-refractivity contribution in [1.29, 1.82) is 0 Å². The minimum absolute atomic E-state index is 0.284. The van der Waals surface area contributed by atoms with Gasteiger partial charge in [-0.05, 0) is 6.92 Å². The highest BCUT2D eigenvalue weighted by Crippen LogP contribution is 2.36. The minimum Gasteiger partial charge on any atom is -0.357 e. The van der Waals surface area contributed by atoms with Crippen molar-refractivity contribution in [3.05, 3.63) is 38.9 Å². The van der Waals surface area contributed by atoms with Crippen LogP contribution in [0.15, 0.2) is 21.9 Å². The molecule has 10 heteroatoms. The molecule has 0 bridgehead atoms. The van der Waals surface area contributed by atoms with Crippen LogP contribution in [-0.4, -0.2) is 55.5 Å². The van der Waals surface area contributed by atoms with E-state index in [1.54, 1.807) is 4.68 Å². The molecule has 146 valence electrons. The highest BCUT2D eigenvalue weighted by atomic mass is 16.2. The molecule has 0 radical (unpaired) electrons. The van der Waals surface area contributed by atoms with Crippen molar-refractivity contribution in [2.24, 2.45) is 25.9 Å². The summed E-state index contributed by atoms with van der Waals surface area (Å²) in [5.41, 5.74) is 0.184. The lowest BCUT2D eigenvalue weighted by Crippen LogP contribution is -2.36. The van der Waals surface area contributed by atoms with Crippen LogP contribution in [0.5, 0.6) is 0 Å². The number of aromatic amines is 1. The number of nitrogens with one attached hydrogen (secondary N) is 1. The molecule has 28 heavy (non-hydrogen) atoms. The summed E-state index contributed by atoms with van der Waals surface area (Å²) in [6.07, 6.45) is 1.83. The number of aromatic nitrogens is 6. The van der Waals surface area contributed by atoms with Crippen molar-refractivity contribution >= 4 is 22.7 Å². The Morgan fingerprint density at radius 1 is 1.04 bits per heavy atom. The molecule has 0 aliphatic carbocycles. The second-order valence-electron chi connectivity index (χ2n) is 7.79. The summed E-state index contributed by atoms with van der Waals surface area (Å²) in [4.78, 5) is 40.3. The second kappa shape index (κ2) is 5.91. The maximum atomic E-state index is 11.9. The Bertz CT molecular complexity index is 1150. The lowest BCUT2D eigenvalue weighted by Gasteiger charge is -2.23. The van der Waals surface area contributed by atoms with Crippen LogP contribution >= 0.6 is 0 Å². The Labute approximate surface area is 160 Å². The molecule has 5 rings (SSSR count). The van der Waals surface area contributed by atoms with Crippen LogP contribution < -0.4 is 21.0 Å². The third-order valence-electron chi connectivity index (χ3n) is 5.94. The van der Waals surface area contributed by atoms with Crippen LogP contribution in [0, 0.1) is 18.8 Å². The van der Waals surface area contributed by atoms with Crippen molar-refractivity contribution in [2.45, 2.75) is 6.92 Å². The normalized spacial score (nSPS) is 21.7. The average molecular weight is 382 g/mol. The highest BCUT2D eigenvalue weighted by Gasteiger charge is 2.41. The van der Waals surface area contributed by atoms with Gasteiger partial charge in [0.05, 0.1) is 11.6 Å². The molecule has 10 nitrogen and oxygen atoms in total. The van der Waals surface area contributed by atoms with Gasteiger partial charge in [-0.15, -0.1) is 0 Å². The van der Waals surface area contributed by atoms with Gasteiger partial charge in [0.15, 0.2) is 5.65 Å². The predicted molar refractivity (Wildman–Crippen MR) is 105 cm³/mol. The number of H-pyrrole nitrogens is 1. The molecule has 2 aliphatic heterocycles. The first kappa shape index (κ1) is 17.0. The molecule has 3 aromatic heterocycles. The molecule has 2 unspecified atom stereocenters. The van der Waals surface area contributed by atoms with Crippen molar-refractivity contribution in [1.82, 2.24) is 29.3 Å². The Hall–Kier alpha value is -3.17. The molecule has 5 heterocycles. The highest BCUT2D eigenvalue weighted by molar-refractivity contribution is 5.87. The molecule has 2 saturated heterocycles. The fourth-order valence-electron chi connectivity index (χ4n) is 4.43. The SMILES string of the molecule is Cc1nc(N2CC3CN(c4cc(=O)n(C)c(=O)[nH]4)CC3C2)c2cnn(C)c2n1. The van der Waals surface area contributed by atoms with E-state index in [1.165, 1.54) is 13.1 Å². The van der Waals surface area contributed by atoms with Crippen LogP contribution in [0.2, 0.25) is 0 Å². The van der Waals surface area contributed by atoms with E-state index >= 15 is 0 Å². The summed E-state index contributed by atoms with van der Waals surface area (Å²) in [5.74, 6) is 3.20. The van der Waals surface area contributed by atoms with E-state index in [0.29, 0.717) is 17.7 Å². The number of aryl methyl sites for hydroxylation is 2. The van der Waals surface area contributed by atoms with Gasteiger partial charge >= 0.3 is 5.69 Å². The number of rotatable bonds is 2. The molecular formula is C18H22N8O2. The maximum Gasteiger partial charge on any atom is 0.329 e. The number of fused-ring (bicyclic) bond motifs is 2. The van der Waals surface area contributed by atoms with Gasteiger partial charge in [0, 0.05) is 58.2 Å². The van der Waals surface area contributed by atoms with E-state index in [9.17, 15) is 9.59 Å². The number of hydrogen-bond acceptors (Lipinski definition) is 7. The molecule has 2 fully saturated rings. The molecule has 0 spiro atoms. The molecule has 2 aliphatic rings. The third kappa shape index (κ3) is 2.51. The van der Waals surface area contributed by atoms with Gasteiger partial charge in [-0.1, -0.05) is 0 Å². The van der Waals surface area contributed by atoms with E-state index in [0.717, 1.165) is 53.4 Å². The van der Waals surface area contributed by atoms with Gasteiger partial charge in [-0.2, -0.15) is 5.10 Å². The van der Waals surface area contributed by atoms with E-state index in [2.05, 4.69) is 24.9 Å². The Kier molecular flexibility index (Phi) is 3.58. The lowest BCUT2D eigenvalue weighted by atomic mass is 10.0. The first-order valence-electron chi connectivity index (χ1n) is 9.37. The Morgan fingerprint density at radius 3 is 2.39 bits per heavy atom. The van der Waals surface area contributed by atoms with Crippen LogP contribution in [0.1, 0.15) is 5.82 Å². The first-order chi connectivity index (χ1) is 13.4. The molecule has 0 aromatic carbocycles. The molecular weight excluding hydrogens is 360 g/mol. The molecule has 3 aromatic rings. The Balaban J connectivity index is 1.40. The number of anilines is 2. The van der Waals surface area contributed by atoms with Gasteiger partial charge in [-0.25, -0.2) is 14.8 Å². The van der Waals surface area contributed by atoms with Gasteiger partial charge in [0.2, 0.25) is 0 Å². The summed E-state index contributed by atoms with van der Waals surface area (Å²) in [6.45, 7) is 5.29. The van der Waals surface area contributed by atoms with E-state index in [1.807, 2.05) is 20.2 Å². The standard InChI is InChI=1S/C18H22N8O2/c1-10-20-16-13(5-19-24(16)3)17(21-10)26-8-11-6-25(7-12(11)9-26)14-4-15(27)23(2)18(28)22-14/h4-5,11-12H,6-9H2,1-3H3,(H,22,28). The van der Waals surface area contributed by atoms with Crippen molar-refractivity contribution in [3.63, 3.8) is 0 Å². The maximum absolute atomic E-state index is 11.9. The zero-order valence-corrected chi connectivity index (χ0v) is 16.1. The molecule has 1 N–H and O–H groups in total. The minimum atomic E-state index is -0.378. The topological polar surface area (TPSA) is 105 Å². The lowest BCUT2D eigenvalue weighted by molar-refractivity contribution is 0.533. The summed E-state index contributed by atoms with van der Waals surface area (Å²) >= 11 is 0. The van der Waals surface area contributed by atoms with Crippen molar-refractivity contribution in [2.75, 3.05) is 36.0 Å². The van der Waals surface area contributed by atoms with Crippen molar-refractivity contribution < 1.29 is 0 Å². The van der Waals surface area contributed by atoms with Crippen LogP contribution in [0.3, 0.4) is 0 Å². The average Bonchev–Trinajstić information content (AvgIpc) is 3.32. The number of hydrogen-bond donors (Lipinski definition) is 1. The third-order valence-corrected chi connectivity index (χ3v) is 5.94. The summed E-state index contributed by atoms with van der Waals surface area (Å²) in [5, 5.41) is 5.30. The Morgan fingerprint density at radius 2 is 1.71 bits per heavy atom. The zero-order chi connectivity index (χ0) is 19.6. The quantitative estimate of drug-likeness (QED) is 0.645. The van der Waals surface area contributed by atoms with Gasteiger partial charge in [0.1, 0.15) is 17.5 Å². The largest absolute Gasteiger partial charge is 0.357 e. The smallest absolute Gasteiger partial charge is 0.329 e.